The normalized spacial score (nSPS) is 12.6. The van der Waals surface area contributed by atoms with E-state index >= 15 is 0 Å². The summed E-state index contributed by atoms with van der Waals surface area (Å²) in [6.07, 6.45) is 0. The van der Waals surface area contributed by atoms with E-state index in [-0.39, 0.29) is 25.2 Å². The quantitative estimate of drug-likeness (QED) is 0.749. The Bertz CT molecular complexity index is 413. The summed E-state index contributed by atoms with van der Waals surface area (Å²) < 4.78 is 0. The van der Waals surface area contributed by atoms with Crippen molar-refractivity contribution in [2.24, 2.45) is 5.92 Å². The van der Waals surface area contributed by atoms with Crippen molar-refractivity contribution in [1.82, 2.24) is 10.6 Å². The molecule has 0 saturated heterocycles. The number of benzene rings is 1. The zero-order chi connectivity index (χ0) is 15.1. The van der Waals surface area contributed by atoms with Crippen LogP contribution in [-0.2, 0) is 0 Å². The molecule has 0 bridgehead atoms. The molecule has 0 aromatic heterocycles. The summed E-state index contributed by atoms with van der Waals surface area (Å²) in [6.45, 7) is 8.69. The van der Waals surface area contributed by atoms with E-state index in [1.165, 1.54) is 5.56 Å². The van der Waals surface area contributed by atoms with E-state index in [1.54, 1.807) is 0 Å². The van der Waals surface area contributed by atoms with Gasteiger partial charge in [0.05, 0.1) is 12.6 Å². The van der Waals surface area contributed by atoms with Crippen LogP contribution in [0.2, 0.25) is 0 Å². The van der Waals surface area contributed by atoms with Crippen molar-refractivity contribution < 1.29 is 9.90 Å². The second kappa shape index (κ2) is 7.90. The molecule has 0 aliphatic heterocycles. The van der Waals surface area contributed by atoms with Crippen LogP contribution < -0.4 is 10.6 Å². The predicted octanol–water partition coefficient (Wildman–Crippen LogP) is 2.80. The molecule has 0 aliphatic carbocycles. The molecule has 1 rings (SSSR count). The molecule has 4 nitrogen and oxygen atoms in total. The minimum absolute atomic E-state index is 0.0325. The van der Waals surface area contributed by atoms with Crippen LogP contribution in [0.1, 0.15) is 50.8 Å². The van der Waals surface area contributed by atoms with Gasteiger partial charge in [-0.3, -0.25) is 0 Å². The molecule has 0 spiro atoms. The summed E-state index contributed by atoms with van der Waals surface area (Å²) in [7, 11) is 0. The van der Waals surface area contributed by atoms with Gasteiger partial charge in [0.15, 0.2) is 0 Å². The third-order valence-corrected chi connectivity index (χ3v) is 3.31. The number of hydrogen-bond acceptors (Lipinski definition) is 2. The van der Waals surface area contributed by atoms with Crippen molar-refractivity contribution in [1.29, 1.82) is 0 Å². The largest absolute Gasteiger partial charge is 0.395 e. The van der Waals surface area contributed by atoms with Gasteiger partial charge in [0.1, 0.15) is 0 Å². The van der Waals surface area contributed by atoms with Crippen LogP contribution in [0, 0.1) is 5.92 Å². The van der Waals surface area contributed by atoms with Gasteiger partial charge in [-0.2, -0.15) is 0 Å². The number of hydrogen-bond donors (Lipinski definition) is 3. The Hall–Kier alpha value is -1.55. The Morgan fingerprint density at radius 3 is 2.10 bits per heavy atom. The Morgan fingerprint density at radius 1 is 1.10 bits per heavy atom. The van der Waals surface area contributed by atoms with Gasteiger partial charge in [-0.15, -0.1) is 0 Å². The Labute approximate surface area is 121 Å². The summed E-state index contributed by atoms with van der Waals surface area (Å²) in [5, 5.41) is 14.3. The SMILES string of the molecule is CC(C)c1ccc(C(NC(=O)NCCO)C(C)C)cc1. The van der Waals surface area contributed by atoms with Gasteiger partial charge < -0.3 is 15.7 Å². The van der Waals surface area contributed by atoms with Crippen LogP contribution in [0.25, 0.3) is 0 Å². The Balaban J connectivity index is 2.77. The lowest BCUT2D eigenvalue weighted by molar-refractivity contribution is 0.227. The number of carbonyl (C=O) groups is 1. The second-order valence-electron chi connectivity index (χ2n) is 5.67. The van der Waals surface area contributed by atoms with E-state index in [9.17, 15) is 4.79 Å². The first-order valence-electron chi connectivity index (χ1n) is 7.20. The average Bonchev–Trinajstić information content (AvgIpc) is 2.42. The van der Waals surface area contributed by atoms with Gasteiger partial charge in [-0.05, 0) is 23.0 Å². The van der Waals surface area contributed by atoms with Crippen molar-refractivity contribution in [3.8, 4) is 0 Å². The van der Waals surface area contributed by atoms with Gasteiger partial charge in [0.25, 0.3) is 0 Å². The van der Waals surface area contributed by atoms with Crippen molar-refractivity contribution >= 4 is 6.03 Å². The molecule has 0 saturated carbocycles. The highest BCUT2D eigenvalue weighted by Gasteiger charge is 2.18. The molecule has 1 unspecified atom stereocenters. The minimum Gasteiger partial charge on any atom is -0.395 e. The molecular formula is C16H26N2O2. The first-order chi connectivity index (χ1) is 9.45. The molecule has 3 N–H and O–H groups in total. The number of amides is 2. The summed E-state index contributed by atoms with van der Waals surface area (Å²) in [6, 6.07) is 8.10. The standard InChI is InChI=1S/C16H26N2O2/c1-11(2)13-5-7-14(8-6-13)15(12(3)4)18-16(20)17-9-10-19/h5-8,11-12,15,19H,9-10H2,1-4H3,(H2,17,18,20). The molecule has 20 heavy (non-hydrogen) atoms. The molecule has 4 heteroatoms. The van der Waals surface area contributed by atoms with Gasteiger partial charge in [0, 0.05) is 6.54 Å². The molecule has 2 amide bonds. The number of urea groups is 1. The molecule has 1 aromatic rings. The van der Waals surface area contributed by atoms with Gasteiger partial charge in [-0.1, -0.05) is 52.0 Å². The minimum atomic E-state index is -0.245. The molecule has 0 aliphatic rings. The van der Waals surface area contributed by atoms with Crippen molar-refractivity contribution in [3.05, 3.63) is 35.4 Å². The molecular weight excluding hydrogens is 252 g/mol. The summed E-state index contributed by atoms with van der Waals surface area (Å²) in [5.74, 6) is 0.794. The number of rotatable bonds is 6. The lowest BCUT2D eigenvalue weighted by Gasteiger charge is -2.23. The van der Waals surface area contributed by atoms with Crippen LogP contribution >= 0.6 is 0 Å². The van der Waals surface area contributed by atoms with Crippen LogP contribution in [0.15, 0.2) is 24.3 Å². The summed E-state index contributed by atoms with van der Waals surface area (Å²) in [5.41, 5.74) is 2.39. The number of carbonyl (C=O) groups excluding carboxylic acids is 1. The van der Waals surface area contributed by atoms with E-state index < -0.39 is 0 Å². The van der Waals surface area contributed by atoms with Crippen LogP contribution in [-0.4, -0.2) is 24.3 Å². The molecule has 1 aromatic carbocycles. The summed E-state index contributed by atoms with van der Waals surface area (Å²) in [4.78, 5) is 11.7. The first kappa shape index (κ1) is 16.5. The highest BCUT2D eigenvalue weighted by molar-refractivity contribution is 5.74. The fourth-order valence-electron chi connectivity index (χ4n) is 2.08. The van der Waals surface area contributed by atoms with Crippen LogP contribution in [0.3, 0.4) is 0 Å². The highest BCUT2D eigenvalue weighted by atomic mass is 16.3. The zero-order valence-corrected chi connectivity index (χ0v) is 12.8. The lowest BCUT2D eigenvalue weighted by atomic mass is 9.93. The predicted molar refractivity (Wildman–Crippen MR) is 81.7 cm³/mol. The fourth-order valence-corrected chi connectivity index (χ4v) is 2.08. The zero-order valence-electron chi connectivity index (χ0n) is 12.8. The van der Waals surface area contributed by atoms with E-state index in [0.29, 0.717) is 11.8 Å². The van der Waals surface area contributed by atoms with Crippen molar-refractivity contribution in [2.45, 2.75) is 39.7 Å². The van der Waals surface area contributed by atoms with E-state index in [0.717, 1.165) is 5.56 Å². The highest BCUT2D eigenvalue weighted by Crippen LogP contribution is 2.23. The Morgan fingerprint density at radius 2 is 1.65 bits per heavy atom. The topological polar surface area (TPSA) is 61.4 Å². The fraction of sp³-hybridized carbons (Fsp3) is 0.562. The van der Waals surface area contributed by atoms with Crippen LogP contribution in [0.4, 0.5) is 4.79 Å². The maximum Gasteiger partial charge on any atom is 0.315 e. The third kappa shape index (κ3) is 4.85. The molecule has 112 valence electrons. The van der Waals surface area contributed by atoms with E-state index in [2.05, 4.69) is 62.6 Å². The van der Waals surface area contributed by atoms with Crippen molar-refractivity contribution in [3.63, 3.8) is 0 Å². The van der Waals surface area contributed by atoms with Crippen molar-refractivity contribution in [2.75, 3.05) is 13.2 Å². The number of aliphatic hydroxyl groups excluding tert-OH is 1. The van der Waals surface area contributed by atoms with Gasteiger partial charge in [-0.25, -0.2) is 4.79 Å². The first-order valence-corrected chi connectivity index (χ1v) is 7.20. The molecule has 1 atom stereocenters. The maximum atomic E-state index is 11.7. The monoisotopic (exact) mass is 278 g/mol. The van der Waals surface area contributed by atoms with Gasteiger partial charge >= 0.3 is 6.03 Å². The third-order valence-electron chi connectivity index (χ3n) is 3.31. The number of aliphatic hydroxyl groups is 1. The van der Waals surface area contributed by atoms with Crippen LogP contribution in [0.5, 0.6) is 0 Å². The Kier molecular flexibility index (Phi) is 6.52. The van der Waals surface area contributed by atoms with E-state index in [4.69, 9.17) is 5.11 Å². The summed E-state index contributed by atoms with van der Waals surface area (Å²) >= 11 is 0. The van der Waals surface area contributed by atoms with Gasteiger partial charge in [0.2, 0.25) is 0 Å². The maximum absolute atomic E-state index is 11.7. The average molecular weight is 278 g/mol. The lowest BCUT2D eigenvalue weighted by Crippen LogP contribution is -2.40. The smallest absolute Gasteiger partial charge is 0.315 e. The molecule has 0 heterocycles. The molecule has 0 radical (unpaired) electrons. The van der Waals surface area contributed by atoms with E-state index in [1.807, 2.05) is 0 Å². The second-order valence-corrected chi connectivity index (χ2v) is 5.67. The molecule has 0 fully saturated rings. The number of nitrogens with one attached hydrogen (secondary N) is 2.